The molecule has 1 amide bonds. The topological polar surface area (TPSA) is 122 Å². The number of ether oxygens (including phenoxy) is 3. The molecule has 0 bridgehead atoms. The third-order valence-corrected chi connectivity index (χ3v) is 15.1. The first-order valence-corrected chi connectivity index (χ1v) is 24.9. The molecule has 2 fully saturated rings. The number of amides is 1. The van der Waals surface area contributed by atoms with Crippen LogP contribution in [-0.2, 0) is 34.3 Å². The molecule has 2 heterocycles. The normalized spacial score (nSPS) is 23.4. The summed E-state index contributed by atoms with van der Waals surface area (Å²) in [6.07, 6.45) is 11.6. The SMILES string of the molecule is C[C@@H](COc1ccnc2c1[C@H](C)CCC2)C[C@H]1Cc2ccc(OCCCC(=O)NCCc3cccc(OCCN4CCC(F)CC4)c3)cc2C12CCC(Nc1cccc(Cl)c1)(C(=O)O)CC2. The molecule has 12 heteroatoms. The third kappa shape index (κ3) is 11.6. The summed E-state index contributed by atoms with van der Waals surface area (Å²) >= 11 is 6.33. The fourth-order valence-corrected chi connectivity index (χ4v) is 11.4. The Morgan fingerprint density at radius 3 is 2.55 bits per heavy atom. The largest absolute Gasteiger partial charge is 0.494 e. The predicted molar refractivity (Wildman–Crippen MR) is 258 cm³/mol. The number of rotatable bonds is 20. The summed E-state index contributed by atoms with van der Waals surface area (Å²) in [6, 6.07) is 23.8. The zero-order valence-corrected chi connectivity index (χ0v) is 39.6. The van der Waals surface area contributed by atoms with Crippen molar-refractivity contribution in [1.29, 1.82) is 0 Å². The maximum Gasteiger partial charge on any atom is 0.329 e. The van der Waals surface area contributed by atoms with E-state index in [4.69, 9.17) is 25.8 Å². The Hall–Kier alpha value is -4.87. The highest BCUT2D eigenvalue weighted by molar-refractivity contribution is 6.30. The van der Waals surface area contributed by atoms with Gasteiger partial charge in [-0.2, -0.15) is 0 Å². The van der Waals surface area contributed by atoms with Gasteiger partial charge < -0.3 is 30.0 Å². The van der Waals surface area contributed by atoms with Crippen molar-refractivity contribution in [2.45, 2.75) is 127 Å². The zero-order valence-electron chi connectivity index (χ0n) is 38.8. The third-order valence-electron chi connectivity index (χ3n) is 14.9. The monoisotopic (exact) mass is 922 g/mol. The number of pyridine rings is 1. The summed E-state index contributed by atoms with van der Waals surface area (Å²) < 4.78 is 32.4. The first-order valence-electron chi connectivity index (χ1n) is 24.5. The minimum Gasteiger partial charge on any atom is -0.494 e. The van der Waals surface area contributed by atoms with E-state index in [0.29, 0.717) is 93.9 Å². The van der Waals surface area contributed by atoms with Crippen molar-refractivity contribution < 1.29 is 33.3 Å². The first-order chi connectivity index (χ1) is 32.0. The Bertz CT molecular complexity index is 2280. The second-order valence-corrected chi connectivity index (χ2v) is 20.0. The number of aryl methyl sites for hydroxylation is 1. The van der Waals surface area contributed by atoms with Crippen LogP contribution in [0.3, 0.4) is 0 Å². The number of carboxylic acid groups (broad SMARTS) is 1. The number of benzene rings is 3. The molecule has 1 saturated carbocycles. The molecule has 1 saturated heterocycles. The number of halogens is 2. The number of carbonyl (C=O) groups is 2. The summed E-state index contributed by atoms with van der Waals surface area (Å²) in [4.78, 5) is 32.9. The van der Waals surface area contributed by atoms with Crippen LogP contribution in [0.4, 0.5) is 10.1 Å². The van der Waals surface area contributed by atoms with Crippen LogP contribution in [0, 0.1) is 11.8 Å². The lowest BCUT2D eigenvalue weighted by molar-refractivity contribution is -0.144. The van der Waals surface area contributed by atoms with Crippen LogP contribution in [0.15, 0.2) is 79.0 Å². The van der Waals surface area contributed by atoms with E-state index in [9.17, 15) is 19.1 Å². The Morgan fingerprint density at radius 2 is 1.74 bits per heavy atom. The number of hydrogen-bond donors (Lipinski definition) is 3. The highest BCUT2D eigenvalue weighted by atomic mass is 35.5. The van der Waals surface area contributed by atoms with Crippen LogP contribution in [0.25, 0.3) is 0 Å². The van der Waals surface area contributed by atoms with Crippen molar-refractivity contribution in [3.8, 4) is 17.2 Å². The minimum atomic E-state index is -1.11. The summed E-state index contributed by atoms with van der Waals surface area (Å²) in [7, 11) is 0. The van der Waals surface area contributed by atoms with Gasteiger partial charge >= 0.3 is 5.97 Å². The van der Waals surface area contributed by atoms with Crippen molar-refractivity contribution in [2.75, 3.05) is 51.3 Å². The molecular weight excluding hydrogens is 855 g/mol. The number of likely N-dealkylation sites (tertiary alicyclic amines) is 1. The Balaban J connectivity index is 0.862. The number of fused-ring (bicyclic) bond motifs is 3. The van der Waals surface area contributed by atoms with E-state index in [2.05, 4.69) is 46.5 Å². The number of carboxylic acids is 1. The Labute approximate surface area is 395 Å². The van der Waals surface area contributed by atoms with Crippen molar-refractivity contribution in [3.63, 3.8) is 0 Å². The van der Waals surface area contributed by atoms with E-state index < -0.39 is 17.7 Å². The highest BCUT2D eigenvalue weighted by Gasteiger charge is 2.54. The number of hydrogen-bond acceptors (Lipinski definition) is 8. The summed E-state index contributed by atoms with van der Waals surface area (Å²) in [5, 5.41) is 17.8. The minimum absolute atomic E-state index is 0.00858. The molecular formula is C54H68ClFN4O6. The Morgan fingerprint density at radius 1 is 0.955 bits per heavy atom. The molecule has 4 aliphatic rings. The second-order valence-electron chi connectivity index (χ2n) is 19.6. The fourth-order valence-electron chi connectivity index (χ4n) is 11.2. The molecule has 0 radical (unpaired) electrons. The van der Waals surface area contributed by atoms with Crippen LogP contribution in [0.5, 0.6) is 17.2 Å². The van der Waals surface area contributed by atoms with Gasteiger partial charge in [0.2, 0.25) is 5.91 Å². The van der Waals surface area contributed by atoms with Gasteiger partial charge in [-0.3, -0.25) is 14.7 Å². The van der Waals surface area contributed by atoms with Crippen molar-refractivity contribution >= 4 is 29.2 Å². The van der Waals surface area contributed by atoms with Gasteiger partial charge in [0.25, 0.3) is 0 Å². The number of piperidine rings is 1. The van der Waals surface area contributed by atoms with Crippen molar-refractivity contribution in [2.24, 2.45) is 11.8 Å². The quantitative estimate of drug-likeness (QED) is 0.0744. The van der Waals surface area contributed by atoms with Crippen LogP contribution in [-0.4, -0.2) is 84.6 Å². The molecule has 3 aromatic carbocycles. The highest BCUT2D eigenvalue weighted by Crippen LogP contribution is 2.57. The van der Waals surface area contributed by atoms with Gasteiger partial charge in [-0.25, -0.2) is 9.18 Å². The smallest absolute Gasteiger partial charge is 0.329 e. The standard InChI is InChI=1S/C54H68ClFN4O6/c1-37(36-66-49-17-25-57-48-12-3-7-38(2)51(48)49)31-41-33-40-14-15-46(35-47(40)53(41)20-22-54(23-21-53,52(62)63)59-44-10-5-9-42(55)34-44)64-29-6-13-50(61)58-24-16-39-8-4-11-45(32-39)65-30-28-60-26-18-43(56)19-27-60/h4-5,8-11,14-15,17,25,32,34-35,37-38,41,43,59H,3,6-7,12-13,16,18-24,26-31,33,36H2,1-2H3,(H,58,61)(H,62,63)/t37-,38-,41+,53?,54?/m1/s1. The average molecular weight is 924 g/mol. The maximum absolute atomic E-state index is 13.5. The molecule has 0 unspecified atom stereocenters. The van der Waals surface area contributed by atoms with Crippen LogP contribution in [0.2, 0.25) is 5.02 Å². The molecule has 3 atom stereocenters. The number of nitrogens with zero attached hydrogens (tertiary/aromatic N) is 2. The van der Waals surface area contributed by atoms with Crippen LogP contribution in [0.1, 0.15) is 118 Å². The van der Waals surface area contributed by atoms with Crippen LogP contribution < -0.4 is 24.8 Å². The molecule has 1 aromatic heterocycles. The van der Waals surface area contributed by atoms with Gasteiger partial charge in [-0.1, -0.05) is 49.7 Å². The lowest BCUT2D eigenvalue weighted by atomic mass is 9.59. The van der Waals surface area contributed by atoms with E-state index in [1.807, 2.05) is 54.7 Å². The predicted octanol–water partition coefficient (Wildman–Crippen LogP) is 10.5. The number of carbonyl (C=O) groups excluding carboxylic acids is 1. The molecule has 3 aliphatic carbocycles. The summed E-state index contributed by atoms with van der Waals surface area (Å²) in [5.41, 5.74) is 5.47. The molecule has 10 nitrogen and oxygen atoms in total. The molecule has 3 N–H and O–H groups in total. The van der Waals surface area contributed by atoms with Gasteiger partial charge in [0.15, 0.2) is 0 Å². The van der Waals surface area contributed by atoms with E-state index in [-0.39, 0.29) is 17.2 Å². The van der Waals surface area contributed by atoms with Crippen molar-refractivity contribution in [1.82, 2.24) is 15.2 Å². The average Bonchev–Trinajstić information content (AvgIpc) is 3.59. The van der Waals surface area contributed by atoms with Gasteiger partial charge in [0.1, 0.15) is 35.6 Å². The van der Waals surface area contributed by atoms with Gasteiger partial charge in [0.05, 0.1) is 13.2 Å². The second kappa shape index (κ2) is 21.8. The van der Waals surface area contributed by atoms with Gasteiger partial charge in [0, 0.05) is 60.8 Å². The molecule has 4 aromatic rings. The molecule has 1 spiro atoms. The number of alkyl halides is 1. The van der Waals surface area contributed by atoms with E-state index in [1.165, 1.54) is 22.4 Å². The fraction of sp³-hybridized carbons (Fsp3) is 0.537. The zero-order chi connectivity index (χ0) is 46.1. The van der Waals surface area contributed by atoms with Crippen molar-refractivity contribution in [3.05, 3.63) is 112 Å². The van der Waals surface area contributed by atoms with Gasteiger partial charge in [-0.05, 0) is 172 Å². The van der Waals surface area contributed by atoms with E-state index >= 15 is 0 Å². The van der Waals surface area contributed by atoms with E-state index in [0.717, 1.165) is 87.4 Å². The van der Waals surface area contributed by atoms with E-state index in [1.54, 1.807) is 12.1 Å². The maximum atomic E-state index is 13.5. The number of nitrogens with one attached hydrogen (secondary N) is 2. The molecule has 66 heavy (non-hydrogen) atoms. The molecule has 354 valence electrons. The lowest BCUT2D eigenvalue weighted by Gasteiger charge is -2.47. The molecule has 1 aliphatic heterocycles. The summed E-state index contributed by atoms with van der Waals surface area (Å²) in [6.45, 7) is 9.00. The number of aliphatic carboxylic acids is 1. The van der Waals surface area contributed by atoms with Crippen LogP contribution >= 0.6 is 11.6 Å². The van der Waals surface area contributed by atoms with Gasteiger partial charge in [-0.15, -0.1) is 0 Å². The Kier molecular flexibility index (Phi) is 15.8. The molecule has 8 rings (SSSR count). The summed E-state index contributed by atoms with van der Waals surface area (Å²) in [5.74, 6) is 2.71. The number of aromatic nitrogens is 1. The first kappa shape index (κ1) is 47.6. The lowest BCUT2D eigenvalue weighted by Crippen LogP contribution is -2.53. The number of anilines is 1.